The van der Waals surface area contributed by atoms with Crippen LogP contribution in [-0.2, 0) is 14.9 Å². The highest BCUT2D eigenvalue weighted by Gasteiger charge is 2.34. The van der Waals surface area contributed by atoms with E-state index in [1.807, 2.05) is 24.3 Å². The Bertz CT molecular complexity index is 1160. The molecule has 0 atom stereocenters. The summed E-state index contributed by atoms with van der Waals surface area (Å²) in [5, 5.41) is 0.724. The Morgan fingerprint density at radius 2 is 1.65 bits per heavy atom. The van der Waals surface area contributed by atoms with Crippen LogP contribution in [0.25, 0.3) is 21.0 Å². The van der Waals surface area contributed by atoms with Gasteiger partial charge in [-0.25, -0.2) is 4.98 Å². The molecule has 31 heavy (non-hydrogen) atoms. The summed E-state index contributed by atoms with van der Waals surface area (Å²) in [7, 11) is -3.53. The third-order valence-electron chi connectivity index (χ3n) is 5.47. The number of para-hydroxylation sites is 1. The lowest BCUT2D eigenvalue weighted by Crippen LogP contribution is -2.55. The normalized spacial score (nSPS) is 19.2. The van der Waals surface area contributed by atoms with Crippen molar-refractivity contribution >= 4 is 37.7 Å². The van der Waals surface area contributed by atoms with Gasteiger partial charge >= 0.3 is 0 Å². The van der Waals surface area contributed by atoms with Gasteiger partial charge in [-0.15, -0.1) is 11.3 Å². The van der Waals surface area contributed by atoms with Gasteiger partial charge in [0.05, 0.1) is 23.4 Å². The monoisotopic (exact) mass is 462 g/mol. The highest BCUT2D eigenvalue weighted by molar-refractivity contribution is 7.86. The molecular formula is C20H22N4O5S2. The minimum Gasteiger partial charge on any atom is -0.448 e. The summed E-state index contributed by atoms with van der Waals surface area (Å²) in [6.07, 6.45) is 0. The molecule has 2 saturated heterocycles. The molecule has 0 bridgehead atoms. The fourth-order valence-electron chi connectivity index (χ4n) is 3.76. The Morgan fingerprint density at radius 3 is 2.39 bits per heavy atom. The molecule has 0 N–H and O–H groups in total. The minimum atomic E-state index is -3.53. The second-order valence-corrected chi connectivity index (χ2v) is 10.3. The SMILES string of the molecule is O=C(c1ccc(-c2nc3ccccc3s2)o1)N1CCN(S(=O)(=O)N2CCOCC2)CC1. The fourth-order valence-corrected chi connectivity index (χ4v) is 6.25. The lowest BCUT2D eigenvalue weighted by Gasteiger charge is -2.37. The zero-order chi connectivity index (χ0) is 21.4. The Morgan fingerprint density at radius 1 is 0.935 bits per heavy atom. The molecule has 0 radical (unpaired) electrons. The van der Waals surface area contributed by atoms with Crippen LogP contribution in [0.4, 0.5) is 0 Å². The zero-order valence-corrected chi connectivity index (χ0v) is 18.4. The van der Waals surface area contributed by atoms with Gasteiger partial charge < -0.3 is 14.1 Å². The zero-order valence-electron chi connectivity index (χ0n) is 16.8. The maximum Gasteiger partial charge on any atom is 0.289 e. The summed E-state index contributed by atoms with van der Waals surface area (Å²) in [6, 6.07) is 11.2. The molecule has 1 aromatic carbocycles. The van der Waals surface area contributed by atoms with E-state index in [2.05, 4.69) is 4.98 Å². The van der Waals surface area contributed by atoms with Crippen molar-refractivity contribution in [3.8, 4) is 10.8 Å². The largest absolute Gasteiger partial charge is 0.448 e. The van der Waals surface area contributed by atoms with Crippen LogP contribution in [0.3, 0.4) is 0 Å². The molecule has 4 heterocycles. The van der Waals surface area contributed by atoms with Crippen molar-refractivity contribution in [1.29, 1.82) is 0 Å². The van der Waals surface area contributed by atoms with Gasteiger partial charge in [0.15, 0.2) is 16.5 Å². The van der Waals surface area contributed by atoms with Gasteiger partial charge in [0.1, 0.15) is 0 Å². The number of benzene rings is 1. The number of carbonyl (C=O) groups is 1. The summed E-state index contributed by atoms with van der Waals surface area (Å²) in [6.45, 7) is 2.71. The Labute approximate surface area is 184 Å². The first-order chi connectivity index (χ1) is 15.0. The van der Waals surface area contributed by atoms with Crippen molar-refractivity contribution in [3.63, 3.8) is 0 Å². The Balaban J connectivity index is 1.25. The molecule has 0 aliphatic carbocycles. The number of rotatable bonds is 4. The van der Waals surface area contributed by atoms with E-state index in [1.165, 1.54) is 19.9 Å². The molecule has 3 aromatic rings. The van der Waals surface area contributed by atoms with Crippen LogP contribution >= 0.6 is 11.3 Å². The summed E-state index contributed by atoms with van der Waals surface area (Å²) < 4.78 is 40.6. The van der Waals surface area contributed by atoms with E-state index in [9.17, 15) is 13.2 Å². The highest BCUT2D eigenvalue weighted by atomic mass is 32.2. The molecule has 2 aromatic heterocycles. The number of thiazole rings is 1. The van der Waals surface area contributed by atoms with Crippen molar-refractivity contribution in [1.82, 2.24) is 18.5 Å². The van der Waals surface area contributed by atoms with Crippen LogP contribution in [0, 0.1) is 0 Å². The van der Waals surface area contributed by atoms with Crippen LogP contribution in [0.15, 0.2) is 40.8 Å². The second kappa shape index (κ2) is 8.32. The topological polar surface area (TPSA) is 96.2 Å². The van der Waals surface area contributed by atoms with Crippen LogP contribution in [-0.4, -0.2) is 85.3 Å². The van der Waals surface area contributed by atoms with E-state index in [-0.39, 0.29) is 24.8 Å². The molecular weight excluding hydrogens is 440 g/mol. The molecule has 11 heteroatoms. The molecule has 164 valence electrons. The van der Waals surface area contributed by atoms with Crippen molar-refractivity contribution in [2.75, 3.05) is 52.5 Å². The average Bonchev–Trinajstić information content (AvgIpc) is 3.46. The third-order valence-corrected chi connectivity index (χ3v) is 8.56. The number of ether oxygens (including phenoxy) is 1. The molecule has 9 nitrogen and oxygen atoms in total. The lowest BCUT2D eigenvalue weighted by atomic mass is 10.3. The fraction of sp³-hybridized carbons (Fsp3) is 0.400. The first kappa shape index (κ1) is 20.6. The number of amides is 1. The van der Waals surface area contributed by atoms with Crippen LogP contribution < -0.4 is 0 Å². The third kappa shape index (κ3) is 3.99. The summed E-state index contributed by atoms with van der Waals surface area (Å²) in [5.74, 6) is 0.549. The van der Waals surface area contributed by atoms with Crippen LogP contribution in [0.5, 0.6) is 0 Å². The number of hydrogen-bond acceptors (Lipinski definition) is 7. The average molecular weight is 463 g/mol. The molecule has 2 fully saturated rings. The van der Waals surface area contributed by atoms with Gasteiger partial charge in [0.25, 0.3) is 16.1 Å². The summed E-state index contributed by atoms with van der Waals surface area (Å²) in [5.41, 5.74) is 0.893. The van der Waals surface area contributed by atoms with Crippen molar-refractivity contribution in [3.05, 3.63) is 42.2 Å². The van der Waals surface area contributed by atoms with Gasteiger partial charge in [-0.3, -0.25) is 4.79 Å². The molecule has 0 spiro atoms. The minimum absolute atomic E-state index is 0.235. The number of piperazine rings is 1. The number of fused-ring (bicyclic) bond motifs is 1. The van der Waals surface area contributed by atoms with Gasteiger partial charge in [0.2, 0.25) is 0 Å². The van der Waals surface area contributed by atoms with Gasteiger partial charge in [0, 0.05) is 39.3 Å². The predicted octanol–water partition coefficient (Wildman–Crippen LogP) is 1.89. The number of furan rings is 1. The standard InChI is InChI=1S/C20H22N4O5S2/c25-20(17-6-5-16(29-17)19-21-15-3-1-2-4-18(15)30-19)22-7-9-23(10-8-22)31(26,27)24-11-13-28-14-12-24/h1-6H,7-14H2. The Kier molecular flexibility index (Phi) is 5.52. The smallest absolute Gasteiger partial charge is 0.289 e. The molecule has 2 aliphatic heterocycles. The van der Waals surface area contributed by atoms with E-state index < -0.39 is 10.2 Å². The van der Waals surface area contributed by atoms with Gasteiger partial charge in [-0.1, -0.05) is 12.1 Å². The van der Waals surface area contributed by atoms with Crippen molar-refractivity contribution in [2.45, 2.75) is 0 Å². The number of aromatic nitrogens is 1. The maximum atomic E-state index is 12.9. The summed E-state index contributed by atoms with van der Waals surface area (Å²) in [4.78, 5) is 19.1. The van der Waals surface area contributed by atoms with Gasteiger partial charge in [-0.2, -0.15) is 17.0 Å². The number of nitrogens with zero attached hydrogens (tertiary/aromatic N) is 4. The Hall–Kier alpha value is -2.31. The van der Waals surface area contributed by atoms with Crippen LogP contribution in [0.2, 0.25) is 0 Å². The predicted molar refractivity (Wildman–Crippen MR) is 116 cm³/mol. The molecule has 0 unspecified atom stereocenters. The lowest BCUT2D eigenvalue weighted by molar-refractivity contribution is 0.0619. The second-order valence-electron chi connectivity index (χ2n) is 7.36. The molecule has 0 saturated carbocycles. The summed E-state index contributed by atoms with van der Waals surface area (Å²) >= 11 is 1.51. The van der Waals surface area contributed by atoms with Crippen molar-refractivity contribution < 1.29 is 22.4 Å². The van der Waals surface area contributed by atoms with E-state index in [0.29, 0.717) is 45.2 Å². The highest BCUT2D eigenvalue weighted by Crippen LogP contribution is 2.31. The first-order valence-corrected chi connectivity index (χ1v) is 12.3. The van der Waals surface area contributed by atoms with E-state index in [1.54, 1.807) is 17.0 Å². The maximum absolute atomic E-state index is 12.9. The molecule has 5 rings (SSSR count). The van der Waals surface area contributed by atoms with Gasteiger partial charge in [-0.05, 0) is 24.3 Å². The molecule has 2 aliphatic rings. The van der Waals surface area contributed by atoms with Crippen molar-refractivity contribution in [2.24, 2.45) is 0 Å². The first-order valence-electron chi connectivity index (χ1n) is 10.1. The van der Waals surface area contributed by atoms with E-state index in [4.69, 9.17) is 9.15 Å². The molecule has 1 amide bonds. The van der Waals surface area contributed by atoms with E-state index in [0.717, 1.165) is 15.2 Å². The van der Waals surface area contributed by atoms with Crippen LogP contribution in [0.1, 0.15) is 10.6 Å². The van der Waals surface area contributed by atoms with E-state index >= 15 is 0 Å². The quantitative estimate of drug-likeness (QED) is 0.588. The number of morpholine rings is 1. The number of carbonyl (C=O) groups excluding carboxylic acids is 1. The number of hydrogen-bond donors (Lipinski definition) is 0.